The molecule has 1 N–H and O–H groups in total. The second kappa shape index (κ2) is 11.4. The lowest BCUT2D eigenvalue weighted by Gasteiger charge is -2.26. The van der Waals surface area contributed by atoms with E-state index in [9.17, 15) is 13.2 Å². The number of rotatable bonds is 9. The molecule has 8 heteroatoms. The summed E-state index contributed by atoms with van der Waals surface area (Å²) < 4.78 is 33.8. The van der Waals surface area contributed by atoms with Gasteiger partial charge in [-0.05, 0) is 85.8 Å². The minimum atomic E-state index is -4.02. The van der Waals surface area contributed by atoms with Gasteiger partial charge in [0.25, 0.3) is 10.0 Å². The number of amides is 1. The quantitative estimate of drug-likeness (QED) is 0.361. The Hall–Kier alpha value is -3.03. The molecular formula is C28H33ClN2O4S. The van der Waals surface area contributed by atoms with Gasteiger partial charge >= 0.3 is 0 Å². The summed E-state index contributed by atoms with van der Waals surface area (Å²) in [6, 6.07) is 16.7. The predicted molar refractivity (Wildman–Crippen MR) is 146 cm³/mol. The van der Waals surface area contributed by atoms with E-state index < -0.39 is 22.5 Å². The molecule has 0 aromatic heterocycles. The van der Waals surface area contributed by atoms with E-state index in [4.69, 9.17) is 16.3 Å². The average Bonchev–Trinajstić information content (AvgIpc) is 2.82. The molecule has 0 saturated heterocycles. The first-order valence-corrected chi connectivity index (χ1v) is 13.6. The summed E-state index contributed by atoms with van der Waals surface area (Å²) in [5.74, 6) is 0.612. The molecule has 3 aromatic carbocycles. The number of halogens is 1. The number of methoxy groups -OCH3 is 1. The van der Waals surface area contributed by atoms with Crippen LogP contribution in [-0.2, 0) is 14.8 Å². The van der Waals surface area contributed by atoms with E-state index in [1.807, 2.05) is 32.9 Å². The summed E-state index contributed by atoms with van der Waals surface area (Å²) in [5.41, 5.74) is 4.22. The van der Waals surface area contributed by atoms with Crippen molar-refractivity contribution in [3.8, 4) is 5.75 Å². The molecule has 3 rings (SSSR count). The molecule has 0 saturated carbocycles. The number of nitrogens with zero attached hydrogens (tertiary/aromatic N) is 1. The van der Waals surface area contributed by atoms with Crippen LogP contribution in [0.1, 0.15) is 55.0 Å². The summed E-state index contributed by atoms with van der Waals surface area (Å²) in [5, 5.41) is 3.34. The summed E-state index contributed by atoms with van der Waals surface area (Å²) in [7, 11) is -2.38. The highest BCUT2D eigenvalue weighted by Crippen LogP contribution is 2.32. The molecule has 0 aliphatic rings. The zero-order valence-electron chi connectivity index (χ0n) is 21.5. The van der Waals surface area contributed by atoms with Crippen LogP contribution in [0.5, 0.6) is 5.75 Å². The summed E-state index contributed by atoms with van der Waals surface area (Å²) >= 11 is 6.16. The fraction of sp³-hybridized carbons (Fsp3) is 0.321. The standard InChI is InChI=1S/C28H33ClN2O4S/c1-18(2)25-16-26(20(4)14-27(25)35-6)21(5)30-28(32)17-31(23-9-7-8-22(29)15-23)36(33,34)24-12-10-19(3)11-13-24/h7-16,18,21H,17H2,1-6H3,(H,30,32)/t21-/m0/s1. The Labute approximate surface area is 219 Å². The van der Waals surface area contributed by atoms with Crippen molar-refractivity contribution in [2.75, 3.05) is 18.0 Å². The van der Waals surface area contributed by atoms with Crippen LogP contribution in [0, 0.1) is 13.8 Å². The van der Waals surface area contributed by atoms with Crippen molar-refractivity contribution in [3.05, 3.63) is 87.9 Å². The number of ether oxygens (including phenoxy) is 1. The van der Waals surface area contributed by atoms with E-state index in [0.717, 1.165) is 32.3 Å². The summed E-state index contributed by atoms with van der Waals surface area (Å²) in [6.45, 7) is 9.50. The van der Waals surface area contributed by atoms with Crippen LogP contribution in [0.2, 0.25) is 5.02 Å². The second-order valence-corrected chi connectivity index (χ2v) is 11.5. The van der Waals surface area contributed by atoms with Crippen LogP contribution in [0.25, 0.3) is 0 Å². The number of hydrogen-bond acceptors (Lipinski definition) is 4. The predicted octanol–water partition coefficient (Wildman–Crippen LogP) is 6.16. The van der Waals surface area contributed by atoms with Crippen molar-refractivity contribution < 1.29 is 17.9 Å². The molecule has 0 radical (unpaired) electrons. The van der Waals surface area contributed by atoms with E-state index in [0.29, 0.717) is 10.7 Å². The molecule has 0 aliphatic carbocycles. The Morgan fingerprint density at radius 2 is 1.67 bits per heavy atom. The summed E-state index contributed by atoms with van der Waals surface area (Å²) in [6.07, 6.45) is 0. The fourth-order valence-electron chi connectivity index (χ4n) is 4.09. The fourth-order valence-corrected chi connectivity index (χ4v) is 5.69. The first kappa shape index (κ1) is 27.6. The van der Waals surface area contributed by atoms with E-state index in [-0.39, 0.29) is 16.9 Å². The highest BCUT2D eigenvalue weighted by Gasteiger charge is 2.28. The monoisotopic (exact) mass is 528 g/mol. The van der Waals surface area contributed by atoms with Crippen LogP contribution in [-0.4, -0.2) is 28.0 Å². The Bertz CT molecular complexity index is 1340. The third kappa shape index (κ3) is 6.20. The number of benzene rings is 3. The van der Waals surface area contributed by atoms with Crippen molar-refractivity contribution in [3.63, 3.8) is 0 Å². The van der Waals surface area contributed by atoms with Crippen molar-refractivity contribution >= 4 is 33.2 Å². The number of carbonyl (C=O) groups excluding carboxylic acids is 1. The van der Waals surface area contributed by atoms with Gasteiger partial charge in [-0.2, -0.15) is 0 Å². The van der Waals surface area contributed by atoms with Gasteiger partial charge in [-0.3, -0.25) is 9.10 Å². The number of anilines is 1. The van der Waals surface area contributed by atoms with Crippen LogP contribution in [0.3, 0.4) is 0 Å². The van der Waals surface area contributed by atoms with Gasteiger partial charge in [-0.1, -0.05) is 49.2 Å². The highest BCUT2D eigenvalue weighted by atomic mass is 35.5. The average molecular weight is 529 g/mol. The third-order valence-electron chi connectivity index (χ3n) is 6.08. The van der Waals surface area contributed by atoms with Crippen LogP contribution in [0.4, 0.5) is 5.69 Å². The Morgan fingerprint density at radius 1 is 1.00 bits per heavy atom. The molecule has 6 nitrogen and oxygen atoms in total. The van der Waals surface area contributed by atoms with Crippen molar-refractivity contribution in [1.29, 1.82) is 0 Å². The van der Waals surface area contributed by atoms with Gasteiger partial charge in [0.15, 0.2) is 0 Å². The zero-order chi connectivity index (χ0) is 26.6. The lowest BCUT2D eigenvalue weighted by molar-refractivity contribution is -0.120. The number of sulfonamides is 1. The lowest BCUT2D eigenvalue weighted by Crippen LogP contribution is -2.41. The second-order valence-electron chi connectivity index (χ2n) is 9.20. The van der Waals surface area contributed by atoms with Gasteiger partial charge < -0.3 is 10.1 Å². The molecule has 36 heavy (non-hydrogen) atoms. The largest absolute Gasteiger partial charge is 0.496 e. The summed E-state index contributed by atoms with van der Waals surface area (Å²) in [4.78, 5) is 13.3. The van der Waals surface area contributed by atoms with E-state index in [1.54, 1.807) is 37.4 Å². The first-order chi connectivity index (χ1) is 16.9. The molecule has 0 spiro atoms. The number of hydrogen-bond donors (Lipinski definition) is 1. The lowest BCUT2D eigenvalue weighted by atomic mass is 9.93. The SMILES string of the molecule is COc1cc(C)c([C@H](C)NC(=O)CN(c2cccc(Cl)c2)S(=O)(=O)c2ccc(C)cc2)cc1C(C)C. The van der Waals surface area contributed by atoms with Crippen molar-refractivity contribution in [2.24, 2.45) is 0 Å². The Balaban J connectivity index is 1.92. The van der Waals surface area contributed by atoms with Crippen molar-refractivity contribution in [1.82, 2.24) is 5.32 Å². The van der Waals surface area contributed by atoms with Crippen LogP contribution in [0.15, 0.2) is 65.6 Å². The van der Waals surface area contributed by atoms with E-state index >= 15 is 0 Å². The highest BCUT2D eigenvalue weighted by molar-refractivity contribution is 7.92. The van der Waals surface area contributed by atoms with Gasteiger partial charge in [-0.25, -0.2) is 8.42 Å². The number of nitrogens with one attached hydrogen (secondary N) is 1. The number of aryl methyl sites for hydroxylation is 2. The molecule has 0 bridgehead atoms. The Kier molecular flexibility index (Phi) is 8.69. The molecule has 0 heterocycles. The smallest absolute Gasteiger partial charge is 0.264 e. The van der Waals surface area contributed by atoms with Crippen molar-refractivity contribution in [2.45, 2.75) is 51.5 Å². The van der Waals surface area contributed by atoms with Gasteiger partial charge in [0.05, 0.1) is 23.7 Å². The topological polar surface area (TPSA) is 75.7 Å². The molecule has 0 aliphatic heterocycles. The maximum absolute atomic E-state index is 13.6. The zero-order valence-corrected chi connectivity index (χ0v) is 23.1. The third-order valence-corrected chi connectivity index (χ3v) is 8.10. The maximum atomic E-state index is 13.6. The molecular weight excluding hydrogens is 496 g/mol. The van der Waals surface area contributed by atoms with Crippen LogP contribution >= 0.6 is 11.6 Å². The molecule has 1 atom stereocenters. The maximum Gasteiger partial charge on any atom is 0.264 e. The van der Waals surface area contributed by atoms with E-state index in [2.05, 4.69) is 19.2 Å². The molecule has 0 fully saturated rings. The van der Waals surface area contributed by atoms with Gasteiger partial charge in [0, 0.05) is 5.02 Å². The minimum Gasteiger partial charge on any atom is -0.496 e. The van der Waals surface area contributed by atoms with Crippen LogP contribution < -0.4 is 14.4 Å². The normalized spacial score (nSPS) is 12.3. The molecule has 192 valence electrons. The minimum absolute atomic E-state index is 0.0986. The molecule has 1 amide bonds. The Morgan fingerprint density at radius 3 is 2.25 bits per heavy atom. The molecule has 3 aromatic rings. The molecule has 0 unspecified atom stereocenters. The first-order valence-electron chi connectivity index (χ1n) is 11.8. The number of carbonyl (C=O) groups is 1. The van der Waals surface area contributed by atoms with Gasteiger partial charge in [0.1, 0.15) is 12.3 Å². The van der Waals surface area contributed by atoms with Gasteiger partial charge in [0.2, 0.25) is 5.91 Å². The van der Waals surface area contributed by atoms with E-state index in [1.165, 1.54) is 18.2 Å². The van der Waals surface area contributed by atoms with Gasteiger partial charge in [-0.15, -0.1) is 0 Å².